The van der Waals surface area contributed by atoms with Crippen LogP contribution in [0.3, 0.4) is 0 Å². The van der Waals surface area contributed by atoms with Crippen molar-refractivity contribution in [3.63, 3.8) is 0 Å². The van der Waals surface area contributed by atoms with Crippen molar-refractivity contribution in [1.29, 1.82) is 0 Å². The molecule has 0 fully saturated rings. The number of nitro groups is 1. The van der Waals surface area contributed by atoms with Gasteiger partial charge in [0.25, 0.3) is 23.4 Å². The van der Waals surface area contributed by atoms with Gasteiger partial charge in [0.15, 0.2) is 0 Å². The number of hydrogen-bond acceptors (Lipinski definition) is 7. The number of anilines is 3. The molecule has 0 unspecified atom stereocenters. The lowest BCUT2D eigenvalue weighted by Crippen LogP contribution is -2.32. The Morgan fingerprint density at radius 3 is 1.97 bits per heavy atom. The Morgan fingerprint density at radius 2 is 1.36 bits per heavy atom. The lowest BCUT2D eigenvalue weighted by atomic mass is 10.2. The highest BCUT2D eigenvalue weighted by Crippen LogP contribution is 2.38. The molecule has 3 amide bonds. The van der Waals surface area contributed by atoms with E-state index in [4.69, 9.17) is 0 Å². The molecule has 192 valence electrons. The first-order valence-electron chi connectivity index (χ1n) is 11.7. The van der Waals surface area contributed by atoms with Gasteiger partial charge in [-0.05, 0) is 60.7 Å². The number of hydrogen-bond donors (Lipinski definition) is 2. The number of imide groups is 1. The largest absolute Gasteiger partial charge is 0.350 e. The normalized spacial score (nSPS) is 13.0. The summed E-state index contributed by atoms with van der Waals surface area (Å²) in [5, 5.41) is 16.7. The summed E-state index contributed by atoms with van der Waals surface area (Å²) in [5.41, 5.74) is 1.99. The smallest absolute Gasteiger partial charge is 0.283 e. The van der Waals surface area contributed by atoms with Gasteiger partial charge < -0.3 is 10.6 Å². The van der Waals surface area contributed by atoms with Gasteiger partial charge in [0.05, 0.1) is 10.6 Å². The Hall–Kier alpha value is -5.22. The Balaban J connectivity index is 1.36. The fraction of sp³-hybridized carbons (Fsp3) is 0. The highest BCUT2D eigenvalue weighted by molar-refractivity contribution is 8.04. The van der Waals surface area contributed by atoms with E-state index in [0.717, 1.165) is 16.7 Å². The van der Waals surface area contributed by atoms with E-state index in [9.17, 15) is 24.5 Å². The van der Waals surface area contributed by atoms with E-state index in [1.54, 1.807) is 60.7 Å². The van der Waals surface area contributed by atoms with Gasteiger partial charge in [-0.3, -0.25) is 24.5 Å². The Morgan fingerprint density at radius 1 is 0.744 bits per heavy atom. The summed E-state index contributed by atoms with van der Waals surface area (Å²) in [6.07, 6.45) is 0. The standard InChI is InChI=1S/C29H20N4O5S/c34-27(19-11-15-23(16-12-19)33(37)38)31-21-13-17-24(18-14-21)39-26-25(30-20-7-3-1-4-8-20)28(35)32(29(26)36)22-9-5-2-6-10-22/h1-18,30H,(H,31,34). The summed E-state index contributed by atoms with van der Waals surface area (Å²) in [4.78, 5) is 51.7. The topological polar surface area (TPSA) is 122 Å². The third-order valence-electron chi connectivity index (χ3n) is 5.77. The molecule has 4 aromatic rings. The molecule has 5 rings (SSSR count). The van der Waals surface area contributed by atoms with E-state index in [-0.39, 0.29) is 21.9 Å². The van der Waals surface area contributed by atoms with Gasteiger partial charge >= 0.3 is 0 Å². The molecule has 10 heteroatoms. The fourth-order valence-corrected chi connectivity index (χ4v) is 4.78. The maximum Gasteiger partial charge on any atom is 0.283 e. The average Bonchev–Trinajstić information content (AvgIpc) is 3.19. The van der Waals surface area contributed by atoms with Crippen LogP contribution >= 0.6 is 11.8 Å². The number of nitro benzene ring substituents is 1. The molecule has 39 heavy (non-hydrogen) atoms. The van der Waals surface area contributed by atoms with E-state index in [1.165, 1.54) is 24.3 Å². The van der Waals surface area contributed by atoms with E-state index < -0.39 is 22.6 Å². The van der Waals surface area contributed by atoms with Crippen LogP contribution in [0.15, 0.2) is 125 Å². The molecular formula is C29H20N4O5S. The van der Waals surface area contributed by atoms with Gasteiger partial charge in [-0.25, -0.2) is 4.90 Å². The van der Waals surface area contributed by atoms with E-state index in [1.807, 2.05) is 24.3 Å². The monoisotopic (exact) mass is 536 g/mol. The molecule has 0 aliphatic carbocycles. The SMILES string of the molecule is O=C(Nc1ccc(SC2=C(Nc3ccccc3)C(=O)N(c3ccccc3)C2=O)cc1)c1ccc([N+](=O)[O-])cc1. The minimum atomic E-state index is -0.532. The van der Waals surface area contributed by atoms with Crippen molar-refractivity contribution in [3.8, 4) is 0 Å². The molecule has 0 saturated heterocycles. The van der Waals surface area contributed by atoms with E-state index in [2.05, 4.69) is 10.6 Å². The second kappa shape index (κ2) is 11.0. The molecule has 4 aromatic carbocycles. The third kappa shape index (κ3) is 5.55. The second-order valence-electron chi connectivity index (χ2n) is 8.36. The number of thioether (sulfide) groups is 1. The molecule has 0 spiro atoms. The number of rotatable bonds is 8. The molecule has 1 heterocycles. The van der Waals surface area contributed by atoms with Crippen molar-refractivity contribution in [2.45, 2.75) is 4.90 Å². The van der Waals surface area contributed by atoms with Crippen LogP contribution in [0.1, 0.15) is 10.4 Å². The maximum absolute atomic E-state index is 13.4. The van der Waals surface area contributed by atoms with Crippen LogP contribution < -0.4 is 15.5 Å². The summed E-state index contributed by atoms with van der Waals surface area (Å²) in [5.74, 6) is -1.31. The van der Waals surface area contributed by atoms with Crippen LogP contribution in [-0.2, 0) is 9.59 Å². The Labute approximate surface area is 227 Å². The van der Waals surface area contributed by atoms with Gasteiger partial charge in [0.1, 0.15) is 10.6 Å². The number of amides is 3. The number of non-ortho nitro benzene ring substituents is 1. The number of nitrogens with one attached hydrogen (secondary N) is 2. The third-order valence-corrected chi connectivity index (χ3v) is 6.86. The predicted molar refractivity (Wildman–Crippen MR) is 149 cm³/mol. The van der Waals surface area contributed by atoms with Crippen molar-refractivity contribution in [1.82, 2.24) is 0 Å². The minimum Gasteiger partial charge on any atom is -0.350 e. The molecular weight excluding hydrogens is 516 g/mol. The van der Waals surface area contributed by atoms with Crippen LogP contribution in [0.5, 0.6) is 0 Å². The van der Waals surface area contributed by atoms with Crippen LogP contribution in [0.2, 0.25) is 0 Å². The molecule has 9 nitrogen and oxygen atoms in total. The molecule has 0 atom stereocenters. The fourth-order valence-electron chi connectivity index (χ4n) is 3.85. The van der Waals surface area contributed by atoms with Gasteiger partial charge in [0, 0.05) is 34.0 Å². The second-order valence-corrected chi connectivity index (χ2v) is 9.44. The van der Waals surface area contributed by atoms with Crippen molar-refractivity contribution in [2.24, 2.45) is 0 Å². The quantitative estimate of drug-likeness (QED) is 0.165. The van der Waals surface area contributed by atoms with Gasteiger partial charge in [-0.2, -0.15) is 0 Å². The molecule has 1 aliphatic rings. The van der Waals surface area contributed by atoms with Crippen molar-refractivity contribution in [3.05, 3.63) is 135 Å². The molecule has 0 aromatic heterocycles. The zero-order valence-corrected chi connectivity index (χ0v) is 21.1. The number of benzene rings is 4. The lowest BCUT2D eigenvalue weighted by molar-refractivity contribution is -0.384. The molecule has 0 saturated carbocycles. The highest BCUT2D eigenvalue weighted by atomic mass is 32.2. The van der Waals surface area contributed by atoms with Crippen LogP contribution in [-0.4, -0.2) is 22.6 Å². The number of para-hydroxylation sites is 2. The van der Waals surface area contributed by atoms with E-state index >= 15 is 0 Å². The summed E-state index contributed by atoms with van der Waals surface area (Å²) in [7, 11) is 0. The van der Waals surface area contributed by atoms with Crippen molar-refractivity contribution >= 4 is 52.2 Å². The van der Waals surface area contributed by atoms with Gasteiger partial charge in [-0.15, -0.1) is 0 Å². The number of nitrogens with zero attached hydrogens (tertiary/aromatic N) is 2. The molecule has 1 aliphatic heterocycles. The zero-order valence-electron chi connectivity index (χ0n) is 20.2. The highest BCUT2D eigenvalue weighted by Gasteiger charge is 2.40. The van der Waals surface area contributed by atoms with Crippen LogP contribution in [0.4, 0.5) is 22.7 Å². The first kappa shape index (κ1) is 25.4. The average molecular weight is 537 g/mol. The summed E-state index contributed by atoms with van der Waals surface area (Å²) in [6, 6.07) is 30.0. The minimum absolute atomic E-state index is 0.103. The summed E-state index contributed by atoms with van der Waals surface area (Å²) in [6.45, 7) is 0. The maximum atomic E-state index is 13.4. The van der Waals surface area contributed by atoms with Gasteiger partial charge in [0.2, 0.25) is 0 Å². The van der Waals surface area contributed by atoms with Crippen LogP contribution in [0, 0.1) is 10.1 Å². The number of carbonyl (C=O) groups excluding carboxylic acids is 3. The molecule has 0 bridgehead atoms. The lowest BCUT2D eigenvalue weighted by Gasteiger charge is -2.15. The van der Waals surface area contributed by atoms with Crippen molar-refractivity contribution in [2.75, 3.05) is 15.5 Å². The summed E-state index contributed by atoms with van der Waals surface area (Å²) < 4.78 is 0. The van der Waals surface area contributed by atoms with Gasteiger partial charge in [-0.1, -0.05) is 48.2 Å². The Bertz CT molecular complexity index is 1590. The van der Waals surface area contributed by atoms with Crippen LogP contribution in [0.25, 0.3) is 0 Å². The predicted octanol–water partition coefficient (Wildman–Crippen LogP) is 5.84. The molecule has 0 radical (unpaired) electrons. The zero-order chi connectivity index (χ0) is 27.4. The molecule has 2 N–H and O–H groups in total. The van der Waals surface area contributed by atoms with Crippen molar-refractivity contribution < 1.29 is 19.3 Å². The van der Waals surface area contributed by atoms with E-state index in [0.29, 0.717) is 22.0 Å². The first-order chi connectivity index (χ1) is 18.9. The Kier molecular flexibility index (Phi) is 7.19. The summed E-state index contributed by atoms with van der Waals surface area (Å²) >= 11 is 1.15. The number of carbonyl (C=O) groups is 3. The first-order valence-corrected chi connectivity index (χ1v) is 12.6.